The minimum Gasteiger partial charge on any atom is -0.395 e. The summed E-state index contributed by atoms with van der Waals surface area (Å²) in [5.41, 5.74) is 1.25. The number of nitrogens with zero attached hydrogens (tertiary/aromatic N) is 3. The van der Waals surface area contributed by atoms with Crippen molar-refractivity contribution in [2.75, 3.05) is 19.7 Å². The number of rotatable bonds is 6. The Kier molecular flexibility index (Phi) is 5.14. The quantitative estimate of drug-likeness (QED) is 0.879. The Balaban J connectivity index is 2.15. The highest BCUT2D eigenvalue weighted by molar-refractivity contribution is 7.18. The molecule has 0 aliphatic heterocycles. The number of hydrogen-bond donors (Lipinski definition) is 1. The number of fused-ring (bicyclic) bond motifs is 3. The summed E-state index contributed by atoms with van der Waals surface area (Å²) in [5.74, 6) is 0.777. The Hall–Kier alpha value is -1.24. The smallest absolute Gasteiger partial charge is 0.262 e. The van der Waals surface area contributed by atoms with Crippen molar-refractivity contribution < 1.29 is 5.11 Å². The van der Waals surface area contributed by atoms with E-state index in [-0.39, 0.29) is 12.2 Å². The summed E-state index contributed by atoms with van der Waals surface area (Å²) < 4.78 is 1.68. The monoisotopic (exact) mass is 335 g/mol. The van der Waals surface area contributed by atoms with Crippen LogP contribution in [0.3, 0.4) is 0 Å². The molecule has 0 saturated carbocycles. The largest absolute Gasteiger partial charge is 0.395 e. The van der Waals surface area contributed by atoms with Crippen LogP contribution in [0, 0.1) is 0 Å². The number of hydrogen-bond acceptors (Lipinski definition) is 5. The minimum absolute atomic E-state index is 0.0330. The van der Waals surface area contributed by atoms with Crippen molar-refractivity contribution in [3.05, 3.63) is 26.6 Å². The average Bonchev–Trinajstić information content (AvgIpc) is 2.94. The maximum absolute atomic E-state index is 13.0. The topological polar surface area (TPSA) is 58.4 Å². The van der Waals surface area contributed by atoms with Gasteiger partial charge in [-0.05, 0) is 44.3 Å². The van der Waals surface area contributed by atoms with E-state index >= 15 is 0 Å². The first kappa shape index (κ1) is 16.6. The van der Waals surface area contributed by atoms with E-state index in [2.05, 4.69) is 18.7 Å². The van der Waals surface area contributed by atoms with Crippen LogP contribution in [-0.2, 0) is 25.9 Å². The van der Waals surface area contributed by atoms with E-state index in [1.807, 2.05) is 0 Å². The van der Waals surface area contributed by atoms with Gasteiger partial charge in [0, 0.05) is 4.88 Å². The predicted molar refractivity (Wildman–Crippen MR) is 94.2 cm³/mol. The van der Waals surface area contributed by atoms with Gasteiger partial charge < -0.3 is 5.11 Å². The van der Waals surface area contributed by atoms with Crippen molar-refractivity contribution in [3.8, 4) is 0 Å². The van der Waals surface area contributed by atoms with Gasteiger partial charge in [-0.1, -0.05) is 13.8 Å². The Labute approximate surface area is 140 Å². The van der Waals surface area contributed by atoms with E-state index in [4.69, 9.17) is 4.98 Å². The number of aliphatic hydroxyl groups is 1. The van der Waals surface area contributed by atoms with Gasteiger partial charge in [0.2, 0.25) is 0 Å². The van der Waals surface area contributed by atoms with Crippen LogP contribution in [0.15, 0.2) is 4.79 Å². The van der Waals surface area contributed by atoms with E-state index in [9.17, 15) is 9.90 Å². The van der Waals surface area contributed by atoms with Gasteiger partial charge in [0.15, 0.2) is 0 Å². The zero-order valence-electron chi connectivity index (χ0n) is 14.0. The van der Waals surface area contributed by atoms with Gasteiger partial charge in [-0.15, -0.1) is 11.3 Å². The SMILES string of the molecule is CCN(CC)Cc1nc2sc3c(c2c(=O)n1CCO)CCCC3. The third-order valence-corrected chi connectivity index (χ3v) is 5.92. The molecule has 0 saturated heterocycles. The number of aryl methyl sites for hydroxylation is 2. The number of aliphatic hydroxyl groups excluding tert-OH is 1. The molecule has 0 spiro atoms. The van der Waals surface area contributed by atoms with Crippen molar-refractivity contribution in [2.45, 2.75) is 52.6 Å². The third-order valence-electron chi connectivity index (χ3n) is 4.74. The minimum atomic E-state index is -0.0370. The summed E-state index contributed by atoms with van der Waals surface area (Å²) >= 11 is 1.69. The highest BCUT2D eigenvalue weighted by Crippen LogP contribution is 2.33. The second kappa shape index (κ2) is 7.11. The Bertz CT molecular complexity index is 746. The Morgan fingerprint density at radius 1 is 1.26 bits per heavy atom. The fourth-order valence-electron chi connectivity index (χ4n) is 3.38. The molecule has 1 aliphatic rings. The van der Waals surface area contributed by atoms with Crippen LogP contribution in [0.2, 0.25) is 0 Å². The number of aromatic nitrogens is 2. The molecule has 0 fully saturated rings. The molecule has 0 radical (unpaired) electrons. The van der Waals surface area contributed by atoms with Crippen molar-refractivity contribution in [3.63, 3.8) is 0 Å². The van der Waals surface area contributed by atoms with Crippen LogP contribution in [0.25, 0.3) is 10.2 Å². The zero-order valence-corrected chi connectivity index (χ0v) is 14.8. The van der Waals surface area contributed by atoms with Gasteiger partial charge in [-0.3, -0.25) is 14.3 Å². The molecule has 0 unspecified atom stereocenters. The molecule has 126 valence electrons. The van der Waals surface area contributed by atoms with Crippen LogP contribution < -0.4 is 5.56 Å². The fraction of sp³-hybridized carbons (Fsp3) is 0.647. The molecule has 0 atom stereocenters. The molecule has 5 nitrogen and oxygen atoms in total. The maximum Gasteiger partial charge on any atom is 0.262 e. The van der Waals surface area contributed by atoms with Gasteiger partial charge in [0.25, 0.3) is 5.56 Å². The Morgan fingerprint density at radius 3 is 2.70 bits per heavy atom. The molecule has 6 heteroatoms. The molecule has 0 amide bonds. The van der Waals surface area contributed by atoms with Crippen molar-refractivity contribution in [2.24, 2.45) is 0 Å². The molecule has 0 bridgehead atoms. The summed E-state index contributed by atoms with van der Waals surface area (Å²) in [6, 6.07) is 0. The standard InChI is InChI=1S/C17H25N3O2S/c1-3-19(4-2)11-14-18-16-15(17(22)20(14)9-10-21)12-7-5-6-8-13(12)23-16/h21H,3-11H2,1-2H3. The molecule has 0 aromatic carbocycles. The fourth-order valence-corrected chi connectivity index (χ4v) is 4.65. The summed E-state index contributed by atoms with van der Waals surface area (Å²) in [4.78, 5) is 22.3. The molecule has 1 N–H and O–H groups in total. The van der Waals surface area contributed by atoms with Gasteiger partial charge in [-0.25, -0.2) is 4.98 Å². The lowest BCUT2D eigenvalue weighted by Gasteiger charge is -2.20. The van der Waals surface area contributed by atoms with Crippen molar-refractivity contribution in [1.29, 1.82) is 0 Å². The first-order valence-electron chi connectivity index (χ1n) is 8.56. The van der Waals surface area contributed by atoms with Gasteiger partial charge in [0.1, 0.15) is 10.7 Å². The van der Waals surface area contributed by atoms with Crippen LogP contribution in [0.1, 0.15) is 43.0 Å². The van der Waals surface area contributed by atoms with Crippen molar-refractivity contribution >= 4 is 21.6 Å². The lowest BCUT2D eigenvalue weighted by atomic mass is 9.97. The van der Waals surface area contributed by atoms with Crippen LogP contribution in [-0.4, -0.2) is 39.3 Å². The van der Waals surface area contributed by atoms with E-state index in [0.717, 1.165) is 48.4 Å². The number of thiophene rings is 1. The van der Waals surface area contributed by atoms with Gasteiger partial charge >= 0.3 is 0 Å². The Morgan fingerprint density at radius 2 is 2.00 bits per heavy atom. The summed E-state index contributed by atoms with van der Waals surface area (Å²) in [5, 5.41) is 10.2. The van der Waals surface area contributed by atoms with E-state index in [1.165, 1.54) is 16.9 Å². The molecule has 2 aromatic heterocycles. The zero-order chi connectivity index (χ0) is 16.4. The van der Waals surface area contributed by atoms with Gasteiger partial charge in [-0.2, -0.15) is 0 Å². The summed E-state index contributed by atoms with van der Waals surface area (Å²) in [7, 11) is 0. The van der Waals surface area contributed by atoms with Crippen LogP contribution >= 0.6 is 11.3 Å². The average molecular weight is 335 g/mol. The lowest BCUT2D eigenvalue weighted by molar-refractivity contribution is 0.255. The summed E-state index contributed by atoms with van der Waals surface area (Å²) in [6.07, 6.45) is 4.42. The third kappa shape index (κ3) is 3.07. The predicted octanol–water partition coefficient (Wildman–Crippen LogP) is 2.17. The van der Waals surface area contributed by atoms with Gasteiger partial charge in [0.05, 0.1) is 25.1 Å². The van der Waals surface area contributed by atoms with Crippen LogP contribution in [0.5, 0.6) is 0 Å². The molecule has 1 aliphatic carbocycles. The first-order chi connectivity index (χ1) is 11.2. The first-order valence-corrected chi connectivity index (χ1v) is 9.38. The maximum atomic E-state index is 13.0. The van der Waals surface area contributed by atoms with E-state index in [0.29, 0.717) is 13.1 Å². The second-order valence-electron chi connectivity index (χ2n) is 6.06. The molecular weight excluding hydrogens is 310 g/mol. The molecule has 2 heterocycles. The van der Waals surface area contributed by atoms with Crippen LogP contribution in [0.4, 0.5) is 0 Å². The highest BCUT2D eigenvalue weighted by Gasteiger charge is 2.22. The molecule has 2 aromatic rings. The van der Waals surface area contributed by atoms with Crippen molar-refractivity contribution in [1.82, 2.24) is 14.5 Å². The normalized spacial score (nSPS) is 14.6. The molecule has 3 rings (SSSR count). The molecule has 23 heavy (non-hydrogen) atoms. The molecular formula is C17H25N3O2S. The second-order valence-corrected chi connectivity index (χ2v) is 7.14. The van der Waals surface area contributed by atoms with E-state index in [1.54, 1.807) is 15.9 Å². The lowest BCUT2D eigenvalue weighted by Crippen LogP contribution is -2.32. The summed E-state index contributed by atoms with van der Waals surface area (Å²) in [6.45, 7) is 7.00. The highest BCUT2D eigenvalue weighted by atomic mass is 32.1. The van der Waals surface area contributed by atoms with E-state index < -0.39 is 0 Å².